The van der Waals surface area contributed by atoms with Gasteiger partial charge in [-0.05, 0) is 53.0 Å². The molecule has 0 unspecified atom stereocenters. The third kappa shape index (κ3) is 2.47. The predicted molar refractivity (Wildman–Crippen MR) is 72.0 cm³/mol. The molecule has 0 N–H and O–H groups in total. The van der Waals surface area contributed by atoms with Crippen molar-refractivity contribution in [3.05, 3.63) is 52.1 Å². The van der Waals surface area contributed by atoms with E-state index in [1.165, 1.54) is 16.0 Å². The summed E-state index contributed by atoms with van der Waals surface area (Å²) in [5.74, 6) is 0. The van der Waals surface area contributed by atoms with Gasteiger partial charge in [0.05, 0.1) is 4.47 Å². The summed E-state index contributed by atoms with van der Waals surface area (Å²) in [6.45, 7) is 4.19. The van der Waals surface area contributed by atoms with Gasteiger partial charge < -0.3 is 0 Å². The van der Waals surface area contributed by atoms with E-state index in [-0.39, 0.29) is 0 Å². The van der Waals surface area contributed by atoms with Gasteiger partial charge in [-0.3, -0.25) is 0 Å². The summed E-state index contributed by atoms with van der Waals surface area (Å²) in [5, 5.41) is 1.02. The summed E-state index contributed by atoms with van der Waals surface area (Å²) in [6, 6.07) is 10.4. The summed E-state index contributed by atoms with van der Waals surface area (Å²) in [5.41, 5.74) is 2.49. The summed E-state index contributed by atoms with van der Waals surface area (Å²) in [4.78, 5) is 5.64. The van der Waals surface area contributed by atoms with Gasteiger partial charge in [0.25, 0.3) is 0 Å². The number of benzene rings is 1. The number of pyridine rings is 1. The lowest BCUT2D eigenvalue weighted by molar-refractivity contribution is 1.08. The monoisotopic (exact) mass is 293 g/mol. The number of aromatic nitrogens is 1. The van der Waals surface area contributed by atoms with Crippen LogP contribution >= 0.6 is 27.7 Å². The first-order chi connectivity index (χ1) is 7.68. The lowest BCUT2D eigenvalue weighted by Gasteiger charge is -2.07. The molecular formula is C13H12BrNS. The standard InChI is InChI=1S/C13H12BrNS/c1-9-5-3-4-6-11(9)16-13-12(14)10(2)7-8-15-13/h3-8H,1-2H3. The van der Waals surface area contributed by atoms with Gasteiger partial charge in [-0.25, -0.2) is 4.98 Å². The summed E-state index contributed by atoms with van der Waals surface area (Å²) >= 11 is 5.28. The lowest BCUT2D eigenvalue weighted by Crippen LogP contribution is -1.86. The molecule has 0 aliphatic rings. The fourth-order valence-electron chi connectivity index (χ4n) is 1.36. The van der Waals surface area contributed by atoms with Crippen LogP contribution in [0.4, 0.5) is 0 Å². The minimum Gasteiger partial charge on any atom is -0.248 e. The second-order valence-electron chi connectivity index (χ2n) is 3.61. The first-order valence-electron chi connectivity index (χ1n) is 5.03. The Morgan fingerprint density at radius 2 is 1.81 bits per heavy atom. The maximum Gasteiger partial charge on any atom is 0.115 e. The molecule has 0 fully saturated rings. The second-order valence-corrected chi connectivity index (χ2v) is 5.44. The third-order valence-corrected chi connectivity index (χ3v) is 4.79. The Morgan fingerprint density at radius 3 is 2.56 bits per heavy atom. The Hall–Kier alpha value is -0.800. The Labute approximate surface area is 108 Å². The second kappa shape index (κ2) is 5.02. The van der Waals surface area contributed by atoms with Crippen molar-refractivity contribution >= 4 is 27.7 Å². The topological polar surface area (TPSA) is 12.9 Å². The van der Waals surface area contributed by atoms with Crippen molar-refractivity contribution in [1.82, 2.24) is 4.98 Å². The van der Waals surface area contributed by atoms with Crippen molar-refractivity contribution in [3.8, 4) is 0 Å². The van der Waals surface area contributed by atoms with Gasteiger partial charge >= 0.3 is 0 Å². The molecule has 0 saturated heterocycles. The van der Waals surface area contributed by atoms with Crippen molar-refractivity contribution in [2.75, 3.05) is 0 Å². The van der Waals surface area contributed by atoms with Crippen molar-refractivity contribution in [1.29, 1.82) is 0 Å². The van der Waals surface area contributed by atoms with Crippen LogP contribution < -0.4 is 0 Å². The van der Waals surface area contributed by atoms with E-state index in [9.17, 15) is 0 Å². The largest absolute Gasteiger partial charge is 0.248 e. The summed E-state index contributed by atoms with van der Waals surface area (Å²) < 4.78 is 1.09. The molecule has 2 rings (SSSR count). The molecule has 1 aromatic carbocycles. The number of hydrogen-bond acceptors (Lipinski definition) is 2. The van der Waals surface area contributed by atoms with E-state index >= 15 is 0 Å². The van der Waals surface area contributed by atoms with Gasteiger partial charge in [0.1, 0.15) is 5.03 Å². The highest BCUT2D eigenvalue weighted by Crippen LogP contribution is 2.34. The third-order valence-electron chi connectivity index (χ3n) is 2.35. The van der Waals surface area contributed by atoms with Crippen molar-refractivity contribution in [2.24, 2.45) is 0 Å². The molecule has 0 aliphatic heterocycles. The predicted octanol–water partition coefficient (Wildman–Crippen LogP) is 4.61. The van der Waals surface area contributed by atoms with E-state index < -0.39 is 0 Å². The molecule has 0 aliphatic carbocycles. The van der Waals surface area contributed by atoms with Gasteiger partial charge in [0, 0.05) is 11.1 Å². The Balaban J connectivity index is 2.35. The molecule has 0 bridgehead atoms. The maximum atomic E-state index is 4.39. The number of halogens is 1. The lowest BCUT2D eigenvalue weighted by atomic mass is 10.2. The van der Waals surface area contributed by atoms with Gasteiger partial charge in [0.15, 0.2) is 0 Å². The Morgan fingerprint density at radius 1 is 1.06 bits per heavy atom. The van der Waals surface area contributed by atoms with E-state index in [1.807, 2.05) is 12.3 Å². The smallest absolute Gasteiger partial charge is 0.115 e. The highest BCUT2D eigenvalue weighted by Gasteiger charge is 2.07. The minimum atomic E-state index is 1.02. The van der Waals surface area contributed by atoms with E-state index in [0.717, 1.165) is 9.50 Å². The van der Waals surface area contributed by atoms with E-state index in [1.54, 1.807) is 11.8 Å². The van der Waals surface area contributed by atoms with Gasteiger partial charge in [-0.1, -0.05) is 30.0 Å². The molecular weight excluding hydrogens is 282 g/mol. The van der Waals surface area contributed by atoms with Gasteiger partial charge in [0.2, 0.25) is 0 Å². The number of aryl methyl sites for hydroxylation is 2. The zero-order valence-corrected chi connectivity index (χ0v) is 11.6. The van der Waals surface area contributed by atoms with Crippen LogP contribution in [0.5, 0.6) is 0 Å². The van der Waals surface area contributed by atoms with Crippen LogP contribution in [-0.4, -0.2) is 4.98 Å². The number of rotatable bonds is 2. The molecule has 0 spiro atoms. The van der Waals surface area contributed by atoms with Gasteiger partial charge in [-0.15, -0.1) is 0 Å². The molecule has 2 aromatic rings. The molecule has 3 heteroatoms. The van der Waals surface area contributed by atoms with Crippen molar-refractivity contribution in [2.45, 2.75) is 23.8 Å². The first-order valence-corrected chi connectivity index (χ1v) is 6.64. The average molecular weight is 294 g/mol. The molecule has 16 heavy (non-hydrogen) atoms. The number of hydrogen-bond donors (Lipinski definition) is 0. The van der Waals surface area contributed by atoms with Gasteiger partial charge in [-0.2, -0.15) is 0 Å². The number of nitrogens with zero attached hydrogens (tertiary/aromatic N) is 1. The zero-order valence-electron chi connectivity index (χ0n) is 9.20. The molecule has 82 valence electrons. The normalized spacial score (nSPS) is 10.4. The SMILES string of the molecule is Cc1ccccc1Sc1nccc(C)c1Br. The summed E-state index contributed by atoms with van der Waals surface area (Å²) in [6.07, 6.45) is 1.85. The van der Waals surface area contributed by atoms with Crippen LogP contribution in [0.1, 0.15) is 11.1 Å². The molecule has 0 saturated carbocycles. The quantitative estimate of drug-likeness (QED) is 0.802. The highest BCUT2D eigenvalue weighted by molar-refractivity contribution is 9.10. The van der Waals surface area contributed by atoms with Crippen molar-refractivity contribution < 1.29 is 0 Å². The van der Waals surface area contributed by atoms with E-state index in [2.05, 4.69) is 59.0 Å². The van der Waals surface area contributed by atoms with Crippen LogP contribution in [0, 0.1) is 13.8 Å². The minimum absolute atomic E-state index is 1.02. The Kier molecular flexibility index (Phi) is 3.66. The van der Waals surface area contributed by atoms with Crippen LogP contribution in [-0.2, 0) is 0 Å². The average Bonchev–Trinajstić information content (AvgIpc) is 2.28. The first kappa shape index (κ1) is 11.7. The van der Waals surface area contributed by atoms with Crippen LogP contribution in [0.3, 0.4) is 0 Å². The van der Waals surface area contributed by atoms with E-state index in [0.29, 0.717) is 0 Å². The Bertz CT molecular complexity index is 511. The summed E-state index contributed by atoms with van der Waals surface area (Å²) in [7, 11) is 0. The van der Waals surface area contributed by atoms with Crippen LogP contribution in [0.2, 0.25) is 0 Å². The van der Waals surface area contributed by atoms with E-state index in [4.69, 9.17) is 0 Å². The fraction of sp³-hybridized carbons (Fsp3) is 0.154. The van der Waals surface area contributed by atoms with Crippen LogP contribution in [0.25, 0.3) is 0 Å². The van der Waals surface area contributed by atoms with Crippen molar-refractivity contribution in [3.63, 3.8) is 0 Å². The highest BCUT2D eigenvalue weighted by atomic mass is 79.9. The molecule has 1 heterocycles. The molecule has 1 aromatic heterocycles. The molecule has 0 amide bonds. The maximum absolute atomic E-state index is 4.39. The molecule has 1 nitrogen and oxygen atoms in total. The fourth-order valence-corrected chi connectivity index (χ4v) is 2.79. The zero-order chi connectivity index (χ0) is 11.5. The van der Waals surface area contributed by atoms with Crippen LogP contribution in [0.15, 0.2) is 50.9 Å². The molecule has 0 radical (unpaired) electrons. The molecule has 0 atom stereocenters.